The Morgan fingerprint density at radius 1 is 0.848 bits per heavy atom. The van der Waals surface area contributed by atoms with E-state index in [1.165, 1.54) is 26.3 Å². The number of ether oxygens (including phenoxy) is 4. The molecular weight excluding hydrogens is 420 g/mol. The lowest BCUT2D eigenvalue weighted by atomic mass is 9.98. The van der Waals surface area contributed by atoms with Crippen LogP contribution in [0.3, 0.4) is 0 Å². The zero-order chi connectivity index (χ0) is 23.4. The summed E-state index contributed by atoms with van der Waals surface area (Å²) in [5, 5.41) is 6.29. The standard InChI is InChI=1S/C26H26N2O5/c1-30-20-12-10-17(11-13-20)21-16-22(18-8-6-5-7-9-18)28(27-21)26(29)19-14-23(31-2)25(33-4)24(15-19)32-3/h5-15,22H,16H2,1-4H3/t22-/m1/s1. The summed E-state index contributed by atoms with van der Waals surface area (Å²) >= 11 is 0. The number of rotatable bonds is 7. The van der Waals surface area contributed by atoms with Gasteiger partial charge < -0.3 is 18.9 Å². The van der Waals surface area contributed by atoms with Crippen molar-refractivity contribution in [2.45, 2.75) is 12.5 Å². The Bertz CT molecular complexity index is 1130. The Morgan fingerprint density at radius 3 is 2.03 bits per heavy atom. The predicted molar refractivity (Wildman–Crippen MR) is 126 cm³/mol. The lowest BCUT2D eigenvalue weighted by Crippen LogP contribution is -2.27. The highest BCUT2D eigenvalue weighted by molar-refractivity contribution is 6.05. The maximum Gasteiger partial charge on any atom is 0.274 e. The van der Waals surface area contributed by atoms with Crippen LogP contribution >= 0.6 is 0 Å². The topological polar surface area (TPSA) is 69.6 Å². The van der Waals surface area contributed by atoms with Crippen LogP contribution in [0.5, 0.6) is 23.0 Å². The van der Waals surface area contributed by atoms with Gasteiger partial charge in [0.2, 0.25) is 5.75 Å². The van der Waals surface area contributed by atoms with Crippen LogP contribution < -0.4 is 18.9 Å². The fourth-order valence-corrected chi connectivity index (χ4v) is 3.93. The SMILES string of the molecule is COc1ccc(C2=NN(C(=O)c3cc(OC)c(OC)c(OC)c3)[C@@H](c3ccccc3)C2)cc1. The summed E-state index contributed by atoms with van der Waals surface area (Å²) in [5.41, 5.74) is 3.17. The minimum atomic E-state index is -0.258. The summed E-state index contributed by atoms with van der Waals surface area (Å²) < 4.78 is 21.5. The van der Waals surface area contributed by atoms with Crippen LogP contribution in [0.1, 0.15) is 33.9 Å². The van der Waals surface area contributed by atoms with Crippen molar-refractivity contribution in [2.24, 2.45) is 5.10 Å². The maximum atomic E-state index is 13.7. The van der Waals surface area contributed by atoms with E-state index in [1.54, 1.807) is 19.2 Å². The van der Waals surface area contributed by atoms with E-state index in [2.05, 4.69) is 0 Å². The summed E-state index contributed by atoms with van der Waals surface area (Å²) in [4.78, 5) is 13.7. The quantitative estimate of drug-likeness (QED) is 0.526. The molecule has 0 radical (unpaired) electrons. The maximum absolute atomic E-state index is 13.7. The number of methoxy groups -OCH3 is 4. The Kier molecular flexibility index (Phi) is 6.49. The molecule has 4 rings (SSSR count). The summed E-state index contributed by atoms with van der Waals surface area (Å²) in [6.45, 7) is 0. The van der Waals surface area contributed by atoms with E-state index < -0.39 is 0 Å². The summed E-state index contributed by atoms with van der Waals surface area (Å²) in [7, 11) is 6.20. The number of carbonyl (C=O) groups is 1. The second-order valence-electron chi connectivity index (χ2n) is 7.47. The second-order valence-corrected chi connectivity index (χ2v) is 7.47. The van der Waals surface area contributed by atoms with E-state index in [9.17, 15) is 4.79 Å². The molecular formula is C26H26N2O5. The van der Waals surface area contributed by atoms with Crippen LogP contribution in [0.4, 0.5) is 0 Å². The van der Waals surface area contributed by atoms with Crippen LogP contribution in [0.15, 0.2) is 71.8 Å². The third-order valence-corrected chi connectivity index (χ3v) is 5.64. The van der Waals surface area contributed by atoms with E-state index in [0.29, 0.717) is 29.2 Å². The fraction of sp³-hybridized carbons (Fsp3) is 0.231. The van der Waals surface area contributed by atoms with Gasteiger partial charge in [0.25, 0.3) is 5.91 Å². The molecule has 0 aliphatic carbocycles. The van der Waals surface area contributed by atoms with Gasteiger partial charge in [-0.15, -0.1) is 0 Å². The van der Waals surface area contributed by atoms with E-state index in [0.717, 1.165) is 22.6 Å². The molecule has 170 valence electrons. The van der Waals surface area contributed by atoms with Crippen LogP contribution in [-0.2, 0) is 0 Å². The van der Waals surface area contributed by atoms with E-state index >= 15 is 0 Å². The average molecular weight is 447 g/mol. The molecule has 3 aromatic rings. The Hall–Kier alpha value is -4.00. The lowest BCUT2D eigenvalue weighted by molar-refractivity contribution is 0.0710. The molecule has 0 fully saturated rings. The average Bonchev–Trinajstić information content (AvgIpc) is 3.33. The van der Waals surface area contributed by atoms with Crippen molar-refractivity contribution in [3.05, 3.63) is 83.4 Å². The second kappa shape index (κ2) is 9.65. The molecule has 0 bridgehead atoms. The van der Waals surface area contributed by atoms with Gasteiger partial charge >= 0.3 is 0 Å². The smallest absolute Gasteiger partial charge is 0.274 e. The highest BCUT2D eigenvalue weighted by Gasteiger charge is 2.34. The number of amides is 1. The highest BCUT2D eigenvalue weighted by Crippen LogP contribution is 2.40. The molecule has 0 spiro atoms. The third kappa shape index (κ3) is 4.35. The van der Waals surface area contributed by atoms with Crippen molar-refractivity contribution < 1.29 is 23.7 Å². The van der Waals surface area contributed by atoms with Gasteiger partial charge in [-0.05, 0) is 47.5 Å². The van der Waals surface area contributed by atoms with Crippen LogP contribution in [0.2, 0.25) is 0 Å². The highest BCUT2D eigenvalue weighted by atomic mass is 16.5. The van der Waals surface area contributed by atoms with Crippen molar-refractivity contribution >= 4 is 11.6 Å². The van der Waals surface area contributed by atoms with Gasteiger partial charge in [0.1, 0.15) is 5.75 Å². The molecule has 7 nitrogen and oxygen atoms in total. The Labute approximate surface area is 193 Å². The molecule has 0 unspecified atom stereocenters. The molecule has 1 aliphatic heterocycles. The van der Waals surface area contributed by atoms with E-state index in [-0.39, 0.29) is 11.9 Å². The molecule has 7 heteroatoms. The molecule has 0 saturated carbocycles. The first kappa shape index (κ1) is 22.2. The van der Waals surface area contributed by atoms with Crippen molar-refractivity contribution in [2.75, 3.05) is 28.4 Å². The molecule has 0 N–H and O–H groups in total. The third-order valence-electron chi connectivity index (χ3n) is 5.64. The number of hydrogen-bond donors (Lipinski definition) is 0. The summed E-state index contributed by atoms with van der Waals surface area (Å²) in [5.74, 6) is 1.76. The van der Waals surface area contributed by atoms with Crippen molar-refractivity contribution in [1.82, 2.24) is 5.01 Å². The van der Waals surface area contributed by atoms with E-state index in [1.807, 2.05) is 54.6 Å². The van der Waals surface area contributed by atoms with Gasteiger partial charge in [-0.25, -0.2) is 5.01 Å². The lowest BCUT2D eigenvalue weighted by Gasteiger charge is -2.23. The number of hydrogen-bond acceptors (Lipinski definition) is 6. The van der Waals surface area contributed by atoms with Crippen molar-refractivity contribution in [3.63, 3.8) is 0 Å². The molecule has 33 heavy (non-hydrogen) atoms. The van der Waals surface area contributed by atoms with Gasteiger partial charge in [-0.2, -0.15) is 5.10 Å². The van der Waals surface area contributed by atoms with Crippen molar-refractivity contribution in [3.8, 4) is 23.0 Å². The summed E-state index contributed by atoms with van der Waals surface area (Å²) in [6, 6.07) is 20.6. The summed E-state index contributed by atoms with van der Waals surface area (Å²) in [6.07, 6.45) is 0.590. The molecule has 1 atom stereocenters. The number of hydrazone groups is 1. The van der Waals surface area contributed by atoms with Gasteiger partial charge in [0, 0.05) is 12.0 Å². The first-order chi connectivity index (χ1) is 16.1. The zero-order valence-electron chi connectivity index (χ0n) is 19.1. The largest absolute Gasteiger partial charge is 0.497 e. The van der Waals surface area contributed by atoms with Crippen LogP contribution in [-0.4, -0.2) is 45.1 Å². The zero-order valence-corrected chi connectivity index (χ0v) is 19.1. The Morgan fingerprint density at radius 2 is 1.48 bits per heavy atom. The van der Waals surface area contributed by atoms with Crippen LogP contribution in [0.25, 0.3) is 0 Å². The number of benzene rings is 3. The fourth-order valence-electron chi connectivity index (χ4n) is 3.93. The van der Waals surface area contributed by atoms with Gasteiger partial charge in [-0.3, -0.25) is 4.79 Å². The number of nitrogens with zero attached hydrogens (tertiary/aromatic N) is 2. The number of carbonyl (C=O) groups excluding carboxylic acids is 1. The molecule has 1 heterocycles. The van der Waals surface area contributed by atoms with E-state index in [4.69, 9.17) is 24.0 Å². The molecule has 1 amide bonds. The first-order valence-electron chi connectivity index (χ1n) is 10.5. The Balaban J connectivity index is 1.75. The monoisotopic (exact) mass is 446 g/mol. The minimum Gasteiger partial charge on any atom is -0.497 e. The van der Waals surface area contributed by atoms with Gasteiger partial charge in [0.05, 0.1) is 40.2 Å². The van der Waals surface area contributed by atoms with Crippen molar-refractivity contribution in [1.29, 1.82) is 0 Å². The molecule has 0 aromatic heterocycles. The minimum absolute atomic E-state index is 0.241. The predicted octanol–water partition coefficient (Wildman–Crippen LogP) is 4.71. The normalized spacial score (nSPS) is 15.1. The first-order valence-corrected chi connectivity index (χ1v) is 10.5. The van der Waals surface area contributed by atoms with Gasteiger partial charge in [-0.1, -0.05) is 30.3 Å². The molecule has 1 aliphatic rings. The molecule has 0 saturated heterocycles. The molecule has 3 aromatic carbocycles. The van der Waals surface area contributed by atoms with Crippen LogP contribution in [0, 0.1) is 0 Å². The van der Waals surface area contributed by atoms with Gasteiger partial charge in [0.15, 0.2) is 11.5 Å².